The van der Waals surface area contributed by atoms with Gasteiger partial charge in [0.15, 0.2) is 0 Å². The highest BCUT2D eigenvalue weighted by Gasteiger charge is 2.12. The number of benzene rings is 2. The Bertz CT molecular complexity index is 662. The molecule has 0 saturated heterocycles. The van der Waals surface area contributed by atoms with Gasteiger partial charge in [-0.25, -0.2) is 4.79 Å². The fourth-order valence-electron chi connectivity index (χ4n) is 2.20. The lowest BCUT2D eigenvalue weighted by atomic mass is 10.0. The van der Waals surface area contributed by atoms with Gasteiger partial charge >= 0.3 is 5.97 Å². The Labute approximate surface area is 130 Å². The van der Waals surface area contributed by atoms with Gasteiger partial charge in [0.2, 0.25) is 0 Å². The van der Waals surface area contributed by atoms with Crippen LogP contribution < -0.4 is 0 Å². The molecule has 0 bridgehead atoms. The maximum absolute atomic E-state index is 11.8. The monoisotopic (exact) mass is 300 g/mol. The first kappa shape index (κ1) is 15.6. The van der Waals surface area contributed by atoms with E-state index in [-0.39, 0.29) is 5.97 Å². The molecule has 0 saturated carbocycles. The normalized spacial score (nSPS) is 10.5. The second-order valence-electron chi connectivity index (χ2n) is 5.14. The van der Waals surface area contributed by atoms with E-state index in [0.29, 0.717) is 5.56 Å². The number of carbonyl (C=O) groups excluding carboxylic acids is 1. The topological polar surface area (TPSA) is 26.3 Å². The summed E-state index contributed by atoms with van der Waals surface area (Å²) in [4.78, 5) is 12.7. The zero-order chi connectivity index (χ0) is 15.4. The Morgan fingerprint density at radius 2 is 1.71 bits per heavy atom. The van der Waals surface area contributed by atoms with E-state index in [1.54, 1.807) is 17.8 Å². The highest BCUT2D eigenvalue weighted by molar-refractivity contribution is 7.98. The molecule has 2 aromatic rings. The van der Waals surface area contributed by atoms with Gasteiger partial charge in [-0.05, 0) is 55.2 Å². The molecule has 0 aliphatic rings. The quantitative estimate of drug-likeness (QED) is 0.605. The predicted octanol–water partition coefficient (Wildman–Crippen LogP) is 4.69. The zero-order valence-corrected chi connectivity index (χ0v) is 13.7. The highest BCUT2D eigenvalue weighted by atomic mass is 32.2. The molecule has 0 aromatic heterocycles. The van der Waals surface area contributed by atoms with E-state index in [2.05, 4.69) is 32.9 Å². The number of methoxy groups -OCH3 is 1. The Morgan fingerprint density at radius 1 is 1.05 bits per heavy atom. The molecule has 0 amide bonds. The molecule has 21 heavy (non-hydrogen) atoms. The lowest BCUT2D eigenvalue weighted by Crippen LogP contribution is -2.03. The van der Waals surface area contributed by atoms with Crippen LogP contribution in [-0.2, 0) is 10.5 Å². The van der Waals surface area contributed by atoms with E-state index in [4.69, 9.17) is 4.74 Å². The lowest BCUT2D eigenvalue weighted by Gasteiger charge is -2.11. The van der Waals surface area contributed by atoms with Crippen LogP contribution in [0.1, 0.15) is 32.6 Å². The van der Waals surface area contributed by atoms with Crippen molar-refractivity contribution in [2.45, 2.75) is 31.4 Å². The molecule has 2 nitrogen and oxygen atoms in total. The smallest absolute Gasteiger partial charge is 0.338 e. The van der Waals surface area contributed by atoms with Crippen LogP contribution in [0.15, 0.2) is 41.3 Å². The standard InChI is InChI=1S/C18H20O2S/c1-12-9-14(3)15(10-13(12)2)11-21-17-8-6-5-7-16(17)18(19)20-4/h5-10H,11H2,1-4H3. The summed E-state index contributed by atoms with van der Waals surface area (Å²) in [5, 5.41) is 0. The van der Waals surface area contributed by atoms with Crippen molar-refractivity contribution in [3.05, 3.63) is 64.2 Å². The molecule has 0 heterocycles. The van der Waals surface area contributed by atoms with Crippen molar-refractivity contribution >= 4 is 17.7 Å². The SMILES string of the molecule is COC(=O)c1ccccc1SCc1cc(C)c(C)cc1C. The third kappa shape index (κ3) is 3.67. The summed E-state index contributed by atoms with van der Waals surface area (Å²) in [5.74, 6) is 0.566. The van der Waals surface area contributed by atoms with Crippen LogP contribution in [0.3, 0.4) is 0 Å². The summed E-state index contributed by atoms with van der Waals surface area (Å²) >= 11 is 1.67. The van der Waals surface area contributed by atoms with Gasteiger partial charge in [-0.2, -0.15) is 0 Å². The molecule has 0 spiro atoms. The number of hydrogen-bond donors (Lipinski definition) is 0. The van der Waals surface area contributed by atoms with Crippen LogP contribution in [0, 0.1) is 20.8 Å². The van der Waals surface area contributed by atoms with Crippen LogP contribution in [0.4, 0.5) is 0 Å². The van der Waals surface area contributed by atoms with Gasteiger partial charge < -0.3 is 4.74 Å². The molecule has 0 radical (unpaired) electrons. The summed E-state index contributed by atoms with van der Waals surface area (Å²) in [6, 6.07) is 12.0. The van der Waals surface area contributed by atoms with Gasteiger partial charge in [-0.3, -0.25) is 0 Å². The number of ether oxygens (including phenoxy) is 1. The van der Waals surface area contributed by atoms with Crippen molar-refractivity contribution in [1.82, 2.24) is 0 Å². The van der Waals surface area contributed by atoms with Crippen molar-refractivity contribution in [3.63, 3.8) is 0 Å². The molecule has 0 atom stereocenters. The molecular formula is C18H20O2S. The second kappa shape index (κ2) is 6.81. The van der Waals surface area contributed by atoms with Crippen LogP contribution in [-0.4, -0.2) is 13.1 Å². The lowest BCUT2D eigenvalue weighted by molar-refractivity contribution is 0.0597. The minimum atomic E-state index is -0.282. The minimum Gasteiger partial charge on any atom is -0.465 e. The molecule has 0 unspecified atom stereocenters. The molecule has 2 rings (SSSR count). The summed E-state index contributed by atoms with van der Waals surface area (Å²) in [6.07, 6.45) is 0. The number of aryl methyl sites for hydroxylation is 3. The Balaban J connectivity index is 2.21. The van der Waals surface area contributed by atoms with Gasteiger partial charge in [-0.1, -0.05) is 24.3 Å². The van der Waals surface area contributed by atoms with Crippen LogP contribution >= 0.6 is 11.8 Å². The van der Waals surface area contributed by atoms with E-state index < -0.39 is 0 Å². The fraction of sp³-hybridized carbons (Fsp3) is 0.278. The number of hydrogen-bond acceptors (Lipinski definition) is 3. The van der Waals surface area contributed by atoms with Crippen LogP contribution in [0.2, 0.25) is 0 Å². The van der Waals surface area contributed by atoms with E-state index in [9.17, 15) is 4.79 Å². The maximum atomic E-state index is 11.8. The van der Waals surface area contributed by atoms with Crippen LogP contribution in [0.5, 0.6) is 0 Å². The fourth-order valence-corrected chi connectivity index (χ4v) is 3.31. The van der Waals surface area contributed by atoms with Crippen molar-refractivity contribution in [2.75, 3.05) is 7.11 Å². The molecule has 0 N–H and O–H groups in total. The summed E-state index contributed by atoms with van der Waals surface area (Å²) in [7, 11) is 1.41. The van der Waals surface area contributed by atoms with Crippen molar-refractivity contribution in [3.8, 4) is 0 Å². The summed E-state index contributed by atoms with van der Waals surface area (Å²) in [6.45, 7) is 6.39. The summed E-state index contributed by atoms with van der Waals surface area (Å²) < 4.78 is 4.84. The molecule has 0 aliphatic carbocycles. The van der Waals surface area contributed by atoms with Gasteiger partial charge in [0.25, 0.3) is 0 Å². The average Bonchev–Trinajstić information content (AvgIpc) is 2.49. The van der Waals surface area contributed by atoms with Crippen molar-refractivity contribution < 1.29 is 9.53 Å². The maximum Gasteiger partial charge on any atom is 0.338 e. The number of carbonyl (C=O) groups is 1. The molecule has 0 aliphatic heterocycles. The van der Waals surface area contributed by atoms with Gasteiger partial charge in [0, 0.05) is 10.6 Å². The first-order valence-corrected chi connectivity index (χ1v) is 7.88. The van der Waals surface area contributed by atoms with Crippen molar-refractivity contribution in [1.29, 1.82) is 0 Å². The second-order valence-corrected chi connectivity index (χ2v) is 6.16. The highest BCUT2D eigenvalue weighted by Crippen LogP contribution is 2.28. The molecular weight excluding hydrogens is 280 g/mol. The first-order valence-electron chi connectivity index (χ1n) is 6.89. The van der Waals surface area contributed by atoms with Crippen molar-refractivity contribution in [2.24, 2.45) is 0 Å². The number of rotatable bonds is 4. The number of esters is 1. The summed E-state index contributed by atoms with van der Waals surface area (Å²) in [5.41, 5.74) is 5.85. The molecule has 0 fully saturated rings. The van der Waals surface area contributed by atoms with Gasteiger partial charge in [0.05, 0.1) is 12.7 Å². The van der Waals surface area contributed by atoms with E-state index in [1.807, 2.05) is 18.2 Å². The van der Waals surface area contributed by atoms with E-state index in [1.165, 1.54) is 29.4 Å². The van der Waals surface area contributed by atoms with Gasteiger partial charge in [0.1, 0.15) is 0 Å². The third-order valence-corrected chi connectivity index (χ3v) is 4.75. The molecule has 2 aromatic carbocycles. The largest absolute Gasteiger partial charge is 0.465 e. The Hall–Kier alpha value is -1.74. The third-order valence-electron chi connectivity index (χ3n) is 3.63. The zero-order valence-electron chi connectivity index (χ0n) is 12.9. The first-order chi connectivity index (χ1) is 10.0. The average molecular weight is 300 g/mol. The van der Waals surface area contributed by atoms with Crippen LogP contribution in [0.25, 0.3) is 0 Å². The van der Waals surface area contributed by atoms with E-state index >= 15 is 0 Å². The minimum absolute atomic E-state index is 0.282. The molecule has 3 heteroatoms. The predicted molar refractivity (Wildman–Crippen MR) is 88.0 cm³/mol. The van der Waals surface area contributed by atoms with Gasteiger partial charge in [-0.15, -0.1) is 11.8 Å². The van der Waals surface area contributed by atoms with E-state index in [0.717, 1.165) is 10.6 Å². The number of thioether (sulfide) groups is 1. The molecule has 110 valence electrons. The Morgan fingerprint density at radius 3 is 2.43 bits per heavy atom. The Kier molecular flexibility index (Phi) is 5.07.